The summed E-state index contributed by atoms with van der Waals surface area (Å²) in [5, 5.41) is 5.53. The van der Waals surface area contributed by atoms with Gasteiger partial charge in [0.15, 0.2) is 0 Å². The molecular weight excluding hydrogens is 220 g/mol. The molecule has 1 aliphatic rings. The molecule has 0 spiro atoms. The molecule has 1 fully saturated rings. The van der Waals surface area contributed by atoms with Crippen molar-refractivity contribution in [3.8, 4) is 0 Å². The van der Waals surface area contributed by atoms with Gasteiger partial charge in [-0.05, 0) is 12.8 Å². The van der Waals surface area contributed by atoms with Crippen molar-refractivity contribution in [2.24, 2.45) is 5.41 Å². The average molecular weight is 242 g/mol. The number of amides is 2. The third-order valence-corrected chi connectivity index (χ3v) is 2.61. The Labute approximate surface area is 102 Å². The molecule has 1 atom stereocenters. The van der Waals surface area contributed by atoms with E-state index in [0.29, 0.717) is 19.7 Å². The first kappa shape index (κ1) is 14.0. The van der Waals surface area contributed by atoms with Crippen molar-refractivity contribution in [2.45, 2.75) is 39.7 Å². The van der Waals surface area contributed by atoms with Gasteiger partial charge in [-0.1, -0.05) is 20.8 Å². The Balaban J connectivity index is 2.11. The van der Waals surface area contributed by atoms with Crippen molar-refractivity contribution in [1.29, 1.82) is 0 Å². The normalized spacial score (nSPS) is 20.1. The first-order valence-electron chi connectivity index (χ1n) is 6.09. The average Bonchev–Trinajstić information content (AvgIpc) is 2.75. The molecule has 1 rings (SSSR count). The van der Waals surface area contributed by atoms with Crippen molar-refractivity contribution in [3.05, 3.63) is 0 Å². The molecule has 0 bridgehead atoms. The van der Waals surface area contributed by atoms with E-state index >= 15 is 0 Å². The number of carbonyl (C=O) groups is 2. The van der Waals surface area contributed by atoms with Crippen molar-refractivity contribution in [3.63, 3.8) is 0 Å². The van der Waals surface area contributed by atoms with E-state index in [0.717, 1.165) is 12.8 Å². The largest absolute Gasteiger partial charge is 0.368 e. The van der Waals surface area contributed by atoms with Gasteiger partial charge in [0.2, 0.25) is 11.8 Å². The first-order chi connectivity index (χ1) is 7.91. The van der Waals surface area contributed by atoms with Gasteiger partial charge < -0.3 is 15.4 Å². The Bertz CT molecular complexity index is 278. The second-order valence-corrected chi connectivity index (χ2v) is 5.30. The monoisotopic (exact) mass is 242 g/mol. The predicted octanol–water partition coefficient (Wildman–Crippen LogP) is 0.444. The van der Waals surface area contributed by atoms with Crippen LogP contribution in [0.15, 0.2) is 0 Å². The summed E-state index contributed by atoms with van der Waals surface area (Å²) < 4.78 is 5.25. The van der Waals surface area contributed by atoms with Crippen LogP contribution in [0, 0.1) is 5.41 Å². The van der Waals surface area contributed by atoms with Crippen LogP contribution < -0.4 is 10.6 Å². The smallest absolute Gasteiger partial charge is 0.249 e. The second kappa shape index (κ2) is 6.00. The summed E-state index contributed by atoms with van der Waals surface area (Å²) in [6.45, 7) is 7.13. The zero-order valence-corrected chi connectivity index (χ0v) is 10.8. The van der Waals surface area contributed by atoms with Crippen LogP contribution in [-0.2, 0) is 14.3 Å². The second-order valence-electron chi connectivity index (χ2n) is 5.30. The van der Waals surface area contributed by atoms with Gasteiger partial charge in [0.05, 0.1) is 0 Å². The lowest BCUT2D eigenvalue weighted by Gasteiger charge is -2.18. The van der Waals surface area contributed by atoms with E-state index in [1.54, 1.807) is 0 Å². The van der Waals surface area contributed by atoms with Gasteiger partial charge in [0.25, 0.3) is 0 Å². The van der Waals surface area contributed by atoms with E-state index in [-0.39, 0.29) is 17.9 Å². The molecule has 1 aliphatic heterocycles. The van der Waals surface area contributed by atoms with Crippen molar-refractivity contribution in [2.75, 3.05) is 19.7 Å². The Morgan fingerprint density at radius 1 is 1.24 bits per heavy atom. The zero-order chi connectivity index (χ0) is 12.9. The van der Waals surface area contributed by atoms with E-state index in [4.69, 9.17) is 4.74 Å². The van der Waals surface area contributed by atoms with Crippen LogP contribution in [0.25, 0.3) is 0 Å². The number of carbonyl (C=O) groups excluding carboxylic acids is 2. The molecule has 5 heteroatoms. The quantitative estimate of drug-likeness (QED) is 0.703. The molecule has 2 amide bonds. The minimum Gasteiger partial charge on any atom is -0.368 e. The van der Waals surface area contributed by atoms with Crippen LogP contribution in [-0.4, -0.2) is 37.6 Å². The van der Waals surface area contributed by atoms with Crippen LogP contribution in [0.3, 0.4) is 0 Å². The molecule has 0 saturated carbocycles. The van der Waals surface area contributed by atoms with E-state index in [1.165, 1.54) is 0 Å². The molecule has 0 aromatic heterocycles. The van der Waals surface area contributed by atoms with Gasteiger partial charge in [-0.3, -0.25) is 9.59 Å². The van der Waals surface area contributed by atoms with E-state index in [9.17, 15) is 9.59 Å². The molecule has 0 aromatic carbocycles. The maximum Gasteiger partial charge on any atom is 0.249 e. The maximum atomic E-state index is 11.5. The topological polar surface area (TPSA) is 67.4 Å². The molecule has 0 aliphatic carbocycles. The molecule has 0 aromatic rings. The van der Waals surface area contributed by atoms with Crippen LogP contribution in [0.2, 0.25) is 0 Å². The fourth-order valence-electron chi connectivity index (χ4n) is 1.53. The minimum absolute atomic E-state index is 0.0103. The molecule has 17 heavy (non-hydrogen) atoms. The third kappa shape index (κ3) is 4.73. The van der Waals surface area contributed by atoms with Gasteiger partial charge in [-0.25, -0.2) is 0 Å². The summed E-state index contributed by atoms with van der Waals surface area (Å²) in [5.41, 5.74) is -0.390. The van der Waals surface area contributed by atoms with Gasteiger partial charge in [-0.15, -0.1) is 0 Å². The van der Waals surface area contributed by atoms with E-state index in [2.05, 4.69) is 10.6 Å². The van der Waals surface area contributed by atoms with Crippen LogP contribution in [0.1, 0.15) is 33.6 Å². The number of hydrogen-bond donors (Lipinski definition) is 2. The fourth-order valence-corrected chi connectivity index (χ4v) is 1.53. The minimum atomic E-state index is -0.390. The third-order valence-electron chi connectivity index (χ3n) is 2.61. The molecule has 0 radical (unpaired) electrons. The number of hydrogen-bond acceptors (Lipinski definition) is 3. The standard InChI is InChI=1S/C12H22N2O3/c1-12(2,3)11(16)14-7-6-13-10(15)9-5-4-8-17-9/h9H,4-8H2,1-3H3,(H,13,15)(H,14,16). The van der Waals surface area contributed by atoms with Crippen molar-refractivity contribution < 1.29 is 14.3 Å². The Kier molecular flexibility index (Phi) is 4.93. The SMILES string of the molecule is CC(C)(C)C(=O)NCCNC(=O)C1CCCO1. The summed E-state index contributed by atoms with van der Waals surface area (Å²) in [6, 6.07) is 0. The molecule has 1 saturated heterocycles. The number of rotatable bonds is 4. The highest BCUT2D eigenvalue weighted by Gasteiger charge is 2.23. The maximum absolute atomic E-state index is 11.5. The first-order valence-corrected chi connectivity index (χ1v) is 6.09. The summed E-state index contributed by atoms with van der Waals surface area (Å²) in [5.74, 6) is -0.0867. The molecule has 2 N–H and O–H groups in total. The van der Waals surface area contributed by atoms with Crippen LogP contribution in [0.4, 0.5) is 0 Å². The lowest BCUT2D eigenvalue weighted by Crippen LogP contribution is -2.42. The summed E-state index contributed by atoms with van der Waals surface area (Å²) in [4.78, 5) is 23.1. The van der Waals surface area contributed by atoms with Crippen LogP contribution in [0.5, 0.6) is 0 Å². The zero-order valence-electron chi connectivity index (χ0n) is 10.8. The van der Waals surface area contributed by atoms with E-state index < -0.39 is 5.41 Å². The van der Waals surface area contributed by atoms with Crippen molar-refractivity contribution in [1.82, 2.24) is 10.6 Å². The van der Waals surface area contributed by atoms with E-state index in [1.807, 2.05) is 20.8 Å². The molecule has 1 unspecified atom stereocenters. The highest BCUT2D eigenvalue weighted by atomic mass is 16.5. The summed E-state index contributed by atoms with van der Waals surface area (Å²) in [7, 11) is 0. The fraction of sp³-hybridized carbons (Fsp3) is 0.833. The van der Waals surface area contributed by atoms with Gasteiger partial charge in [0, 0.05) is 25.1 Å². The lowest BCUT2D eigenvalue weighted by atomic mass is 9.96. The van der Waals surface area contributed by atoms with Gasteiger partial charge in [-0.2, -0.15) is 0 Å². The summed E-state index contributed by atoms with van der Waals surface area (Å²) >= 11 is 0. The number of ether oxygens (including phenoxy) is 1. The number of nitrogens with one attached hydrogen (secondary N) is 2. The van der Waals surface area contributed by atoms with Crippen LogP contribution >= 0.6 is 0 Å². The molecular formula is C12H22N2O3. The Morgan fingerprint density at radius 3 is 2.41 bits per heavy atom. The van der Waals surface area contributed by atoms with Gasteiger partial charge >= 0.3 is 0 Å². The highest BCUT2D eigenvalue weighted by Crippen LogP contribution is 2.12. The molecule has 5 nitrogen and oxygen atoms in total. The lowest BCUT2D eigenvalue weighted by molar-refractivity contribution is -0.131. The summed E-state index contributed by atoms with van der Waals surface area (Å²) in [6.07, 6.45) is 1.44. The Hall–Kier alpha value is -1.10. The van der Waals surface area contributed by atoms with Crippen molar-refractivity contribution >= 4 is 11.8 Å². The Morgan fingerprint density at radius 2 is 1.88 bits per heavy atom. The van der Waals surface area contributed by atoms with Gasteiger partial charge in [0.1, 0.15) is 6.10 Å². The molecule has 1 heterocycles. The predicted molar refractivity (Wildman–Crippen MR) is 64.4 cm³/mol. The highest BCUT2D eigenvalue weighted by molar-refractivity contribution is 5.82. The molecule has 98 valence electrons.